The second kappa shape index (κ2) is 13.9. The van der Waals surface area contributed by atoms with Gasteiger partial charge in [-0.2, -0.15) is 0 Å². The molecule has 0 unspecified atom stereocenters. The Morgan fingerprint density at radius 3 is 1.77 bits per heavy atom. The fraction of sp³-hybridized carbons (Fsp3) is 0.0851. The summed E-state index contributed by atoms with van der Waals surface area (Å²) >= 11 is 1.95. The Morgan fingerprint density at radius 2 is 1.12 bits per heavy atom. The van der Waals surface area contributed by atoms with Crippen LogP contribution in [-0.2, 0) is 5.41 Å². The van der Waals surface area contributed by atoms with E-state index in [9.17, 15) is 0 Å². The fourth-order valence-corrected chi connectivity index (χ4v) is 7.38. The summed E-state index contributed by atoms with van der Waals surface area (Å²) in [5.41, 5.74) is 11.6. The van der Waals surface area contributed by atoms with E-state index in [1.165, 1.54) is 44.1 Å². The smallest absolute Gasteiger partial charge is 0.164 e. The Morgan fingerprint density at radius 1 is 0.519 bits per heavy atom. The molecule has 0 spiro atoms. The topological polar surface area (TPSA) is 43.6 Å². The van der Waals surface area contributed by atoms with E-state index in [0.717, 1.165) is 22.4 Å². The standard InChI is InChI=1S/C42H30N4.C5H3I/c1-42(2)35-22-11-9-20-31(35)33-25-34-32-21-10-12-23-37(32)46(38(34)26-36(33)42)30-19-13-18-29(24-30)41-44-39(27-14-5-3-6-15-27)43-40(45-41)28-16-7-4-8-17-28;1-2-3-4-5-6/h3-26H,1-2H3;1H3. The number of halogens is 1. The van der Waals surface area contributed by atoms with Gasteiger partial charge < -0.3 is 4.57 Å². The van der Waals surface area contributed by atoms with E-state index in [4.69, 9.17) is 15.0 Å². The summed E-state index contributed by atoms with van der Waals surface area (Å²) in [5.74, 6) is 9.75. The Balaban J connectivity index is 0.000000597. The molecular formula is C47H33IN4. The average molecular weight is 781 g/mol. The van der Waals surface area contributed by atoms with E-state index in [2.05, 4.69) is 125 Å². The lowest BCUT2D eigenvalue weighted by Gasteiger charge is -2.21. The molecule has 0 N–H and O–H groups in total. The highest BCUT2D eigenvalue weighted by Gasteiger charge is 2.36. The first-order chi connectivity index (χ1) is 25.5. The van der Waals surface area contributed by atoms with Crippen LogP contribution in [0.1, 0.15) is 31.9 Å². The third-order valence-electron chi connectivity index (χ3n) is 9.67. The lowest BCUT2D eigenvalue weighted by atomic mass is 9.82. The molecule has 52 heavy (non-hydrogen) atoms. The van der Waals surface area contributed by atoms with E-state index in [0.29, 0.717) is 17.5 Å². The van der Waals surface area contributed by atoms with Crippen LogP contribution in [0.5, 0.6) is 0 Å². The molecule has 0 radical (unpaired) electrons. The molecular weight excluding hydrogens is 747 g/mol. The number of aromatic nitrogens is 4. The monoisotopic (exact) mass is 780 g/mol. The lowest BCUT2D eigenvalue weighted by Crippen LogP contribution is -2.14. The molecule has 0 saturated heterocycles. The maximum Gasteiger partial charge on any atom is 0.164 e. The summed E-state index contributed by atoms with van der Waals surface area (Å²) in [5, 5.41) is 2.50. The molecule has 6 aromatic carbocycles. The number of hydrogen-bond donors (Lipinski definition) is 0. The van der Waals surface area contributed by atoms with E-state index in [1.54, 1.807) is 6.92 Å². The number of benzene rings is 6. The highest BCUT2D eigenvalue weighted by atomic mass is 127. The quantitative estimate of drug-likeness (QED) is 0.132. The number of para-hydroxylation sites is 1. The molecule has 0 saturated carbocycles. The minimum Gasteiger partial charge on any atom is -0.309 e. The van der Waals surface area contributed by atoms with Gasteiger partial charge in [-0.1, -0.05) is 135 Å². The van der Waals surface area contributed by atoms with Crippen molar-refractivity contribution in [3.63, 3.8) is 0 Å². The van der Waals surface area contributed by atoms with Crippen molar-refractivity contribution >= 4 is 44.4 Å². The Hall–Kier alpha value is -6.02. The lowest BCUT2D eigenvalue weighted by molar-refractivity contribution is 0.661. The van der Waals surface area contributed by atoms with Crippen LogP contribution in [0.25, 0.3) is 72.8 Å². The zero-order valence-corrected chi connectivity index (χ0v) is 31.2. The molecule has 1 aliphatic rings. The van der Waals surface area contributed by atoms with Gasteiger partial charge in [0.15, 0.2) is 17.5 Å². The van der Waals surface area contributed by atoms with Crippen LogP contribution in [0.4, 0.5) is 0 Å². The predicted molar refractivity (Wildman–Crippen MR) is 223 cm³/mol. The molecule has 0 aliphatic heterocycles. The highest BCUT2D eigenvalue weighted by molar-refractivity contribution is 14.1. The summed E-state index contributed by atoms with van der Waals surface area (Å²) in [4.78, 5) is 14.9. The minimum atomic E-state index is -0.0875. The summed E-state index contributed by atoms with van der Waals surface area (Å²) < 4.78 is 5.01. The number of hydrogen-bond acceptors (Lipinski definition) is 3. The van der Waals surface area contributed by atoms with Gasteiger partial charge in [0, 0.05) is 61.2 Å². The molecule has 2 aromatic heterocycles. The highest BCUT2D eigenvalue weighted by Crippen LogP contribution is 2.51. The van der Waals surface area contributed by atoms with Crippen molar-refractivity contribution in [2.24, 2.45) is 0 Å². The fourth-order valence-electron chi connectivity index (χ4n) is 7.25. The van der Waals surface area contributed by atoms with E-state index in [-0.39, 0.29) is 5.41 Å². The van der Waals surface area contributed by atoms with Gasteiger partial charge >= 0.3 is 0 Å². The van der Waals surface area contributed by atoms with Crippen molar-refractivity contribution in [2.45, 2.75) is 26.2 Å². The van der Waals surface area contributed by atoms with Gasteiger partial charge in [0.2, 0.25) is 0 Å². The molecule has 8 aromatic rings. The largest absolute Gasteiger partial charge is 0.309 e. The number of fused-ring (bicyclic) bond motifs is 6. The van der Waals surface area contributed by atoms with Crippen LogP contribution < -0.4 is 0 Å². The third kappa shape index (κ3) is 5.94. The van der Waals surface area contributed by atoms with Crippen molar-refractivity contribution in [1.29, 1.82) is 0 Å². The Labute approximate surface area is 317 Å². The van der Waals surface area contributed by atoms with Crippen LogP contribution in [0.2, 0.25) is 0 Å². The van der Waals surface area contributed by atoms with Gasteiger partial charge in [-0.05, 0) is 75.3 Å². The minimum absolute atomic E-state index is 0.0875. The van der Waals surface area contributed by atoms with Crippen LogP contribution in [0.15, 0.2) is 146 Å². The number of nitrogens with zero attached hydrogens (tertiary/aromatic N) is 4. The van der Waals surface area contributed by atoms with Gasteiger partial charge in [0.25, 0.3) is 0 Å². The molecule has 0 atom stereocenters. The van der Waals surface area contributed by atoms with Crippen molar-refractivity contribution in [1.82, 2.24) is 19.5 Å². The van der Waals surface area contributed by atoms with Crippen LogP contribution in [0.3, 0.4) is 0 Å². The average Bonchev–Trinajstić information content (AvgIpc) is 3.65. The van der Waals surface area contributed by atoms with Crippen molar-refractivity contribution < 1.29 is 0 Å². The summed E-state index contributed by atoms with van der Waals surface area (Å²) in [6.07, 6.45) is 0. The summed E-state index contributed by atoms with van der Waals surface area (Å²) in [6.45, 7) is 6.44. The molecule has 0 bridgehead atoms. The third-order valence-corrected chi connectivity index (χ3v) is 9.94. The van der Waals surface area contributed by atoms with Crippen molar-refractivity contribution in [3.05, 3.63) is 157 Å². The SMILES string of the molecule is CC#CC#CI.CC1(C)c2ccccc2-c2cc3c4ccccc4n(-c4cccc(-c5nc(-c6ccccc6)nc(-c6ccccc6)n5)c4)c3cc21. The van der Waals surface area contributed by atoms with Crippen LogP contribution in [-0.4, -0.2) is 19.5 Å². The predicted octanol–water partition coefficient (Wildman–Crippen LogP) is 11.7. The maximum absolute atomic E-state index is 5.00. The molecule has 0 amide bonds. The zero-order chi connectivity index (χ0) is 35.7. The van der Waals surface area contributed by atoms with Crippen molar-refractivity contribution in [2.75, 3.05) is 0 Å². The van der Waals surface area contributed by atoms with Gasteiger partial charge in [-0.15, -0.1) is 0 Å². The molecule has 4 nitrogen and oxygen atoms in total. The molecule has 0 fully saturated rings. The van der Waals surface area contributed by atoms with Gasteiger partial charge in [0.1, 0.15) is 0 Å². The van der Waals surface area contributed by atoms with Gasteiger partial charge in [-0.25, -0.2) is 15.0 Å². The van der Waals surface area contributed by atoms with E-state index in [1.807, 2.05) is 83.3 Å². The first-order valence-electron chi connectivity index (χ1n) is 17.2. The first kappa shape index (κ1) is 33.1. The first-order valence-corrected chi connectivity index (χ1v) is 18.2. The molecule has 2 heterocycles. The van der Waals surface area contributed by atoms with E-state index >= 15 is 0 Å². The normalized spacial score (nSPS) is 12.1. The van der Waals surface area contributed by atoms with Crippen molar-refractivity contribution in [3.8, 4) is 72.7 Å². The molecule has 1 aliphatic carbocycles. The summed E-state index contributed by atoms with van der Waals surface area (Å²) in [7, 11) is 0. The summed E-state index contributed by atoms with van der Waals surface area (Å²) in [6, 6.07) is 51.2. The van der Waals surface area contributed by atoms with E-state index < -0.39 is 0 Å². The maximum atomic E-state index is 5.00. The Kier molecular flexibility index (Phi) is 8.89. The van der Waals surface area contributed by atoms with Crippen LogP contribution >= 0.6 is 22.6 Å². The molecule has 9 rings (SSSR count). The zero-order valence-electron chi connectivity index (χ0n) is 29.0. The molecule has 5 heteroatoms. The second-order valence-electron chi connectivity index (χ2n) is 13.1. The van der Waals surface area contributed by atoms with Gasteiger partial charge in [0.05, 0.1) is 11.0 Å². The van der Waals surface area contributed by atoms with Gasteiger partial charge in [-0.3, -0.25) is 0 Å². The van der Waals surface area contributed by atoms with Crippen LogP contribution in [0, 0.1) is 21.7 Å². The Bertz CT molecular complexity index is 2670. The number of rotatable bonds is 4. The second-order valence-corrected chi connectivity index (χ2v) is 13.7. The molecule has 248 valence electrons.